The van der Waals surface area contributed by atoms with E-state index in [0.717, 1.165) is 0 Å². The van der Waals surface area contributed by atoms with Crippen LogP contribution in [0.4, 0.5) is 0 Å². The monoisotopic (exact) mass is 253 g/mol. The minimum Gasteiger partial charge on any atom is -0.229 e. The molecule has 0 radical (unpaired) electrons. The molecule has 17 heavy (non-hydrogen) atoms. The second kappa shape index (κ2) is 3.90. The molecule has 0 amide bonds. The van der Waals surface area contributed by atoms with Crippen molar-refractivity contribution in [3.05, 3.63) is 23.8 Å². The fraction of sp³-hybridized carbons (Fsp3) is 0.222. The molecule has 2 aromatic rings. The zero-order valence-electron chi connectivity index (χ0n) is 9.32. The number of hydrogen-bond acceptors (Lipinski definition) is 5. The Kier molecular flexibility index (Phi) is 2.68. The van der Waals surface area contributed by atoms with Crippen molar-refractivity contribution in [1.82, 2.24) is 20.2 Å². The number of primary sulfonamides is 1. The van der Waals surface area contributed by atoms with Gasteiger partial charge < -0.3 is 0 Å². The van der Waals surface area contributed by atoms with Crippen molar-refractivity contribution in [3.8, 4) is 11.4 Å². The van der Waals surface area contributed by atoms with Crippen molar-refractivity contribution in [2.24, 2.45) is 12.2 Å². The van der Waals surface area contributed by atoms with E-state index in [4.69, 9.17) is 5.14 Å². The first-order valence-corrected chi connectivity index (χ1v) is 6.31. The molecule has 0 atom stereocenters. The molecule has 7 nitrogen and oxygen atoms in total. The van der Waals surface area contributed by atoms with Gasteiger partial charge in [-0.25, -0.2) is 18.2 Å². The number of hydrogen-bond donors (Lipinski definition) is 1. The van der Waals surface area contributed by atoms with E-state index in [1.165, 1.54) is 10.7 Å². The summed E-state index contributed by atoms with van der Waals surface area (Å²) in [7, 11) is -2.06. The highest BCUT2D eigenvalue weighted by molar-refractivity contribution is 7.89. The molecular weight excluding hydrogens is 242 g/mol. The van der Waals surface area contributed by atoms with Gasteiger partial charge in [-0.1, -0.05) is 12.1 Å². The molecule has 0 aliphatic heterocycles. The second-order valence-corrected chi connectivity index (χ2v) is 5.13. The largest absolute Gasteiger partial charge is 0.238 e. The van der Waals surface area contributed by atoms with Crippen LogP contribution in [0.1, 0.15) is 5.56 Å². The number of nitrogens with two attached hydrogens (primary N) is 1. The highest BCUT2D eigenvalue weighted by Crippen LogP contribution is 2.24. The summed E-state index contributed by atoms with van der Waals surface area (Å²) in [5, 5.41) is 16.2. The van der Waals surface area contributed by atoms with E-state index in [1.54, 1.807) is 26.1 Å². The van der Waals surface area contributed by atoms with Crippen LogP contribution in [-0.2, 0) is 17.1 Å². The van der Waals surface area contributed by atoms with Gasteiger partial charge in [-0.05, 0) is 29.0 Å². The van der Waals surface area contributed by atoms with Gasteiger partial charge in [0, 0.05) is 12.6 Å². The maximum atomic E-state index is 11.4. The number of rotatable bonds is 2. The Morgan fingerprint density at radius 3 is 2.59 bits per heavy atom. The normalized spacial score (nSPS) is 11.7. The molecule has 0 aliphatic carbocycles. The molecule has 0 fully saturated rings. The Morgan fingerprint density at radius 1 is 1.35 bits per heavy atom. The lowest BCUT2D eigenvalue weighted by Gasteiger charge is -2.08. The Bertz CT molecular complexity index is 662. The van der Waals surface area contributed by atoms with E-state index in [9.17, 15) is 8.42 Å². The van der Waals surface area contributed by atoms with Crippen LogP contribution in [0.5, 0.6) is 0 Å². The van der Waals surface area contributed by atoms with E-state index in [1.807, 2.05) is 0 Å². The maximum Gasteiger partial charge on any atom is 0.238 e. The van der Waals surface area contributed by atoms with Gasteiger partial charge in [0.15, 0.2) is 5.82 Å². The third-order valence-electron chi connectivity index (χ3n) is 2.45. The van der Waals surface area contributed by atoms with Gasteiger partial charge in [-0.2, -0.15) is 0 Å². The minimum absolute atomic E-state index is 0.0815. The number of sulfonamides is 1. The first-order valence-electron chi connectivity index (χ1n) is 4.76. The van der Waals surface area contributed by atoms with Crippen LogP contribution in [0.2, 0.25) is 0 Å². The summed E-state index contributed by atoms with van der Waals surface area (Å²) < 4.78 is 24.2. The van der Waals surface area contributed by atoms with E-state index in [0.29, 0.717) is 17.0 Å². The van der Waals surface area contributed by atoms with Crippen molar-refractivity contribution in [3.63, 3.8) is 0 Å². The van der Waals surface area contributed by atoms with Crippen LogP contribution in [0, 0.1) is 6.92 Å². The smallest absolute Gasteiger partial charge is 0.229 e. The summed E-state index contributed by atoms with van der Waals surface area (Å²) in [6, 6.07) is 4.81. The van der Waals surface area contributed by atoms with Crippen LogP contribution in [-0.4, -0.2) is 28.6 Å². The van der Waals surface area contributed by atoms with Crippen molar-refractivity contribution in [2.45, 2.75) is 11.8 Å². The fourth-order valence-electron chi connectivity index (χ4n) is 1.62. The summed E-state index contributed by atoms with van der Waals surface area (Å²) in [5.74, 6) is 0.494. The van der Waals surface area contributed by atoms with E-state index < -0.39 is 10.0 Å². The van der Waals surface area contributed by atoms with Crippen molar-refractivity contribution in [1.29, 1.82) is 0 Å². The summed E-state index contributed by atoms with van der Waals surface area (Å²) >= 11 is 0. The van der Waals surface area contributed by atoms with Gasteiger partial charge in [0.1, 0.15) is 0 Å². The van der Waals surface area contributed by atoms with Crippen LogP contribution < -0.4 is 5.14 Å². The Labute approximate surface area is 98.3 Å². The summed E-state index contributed by atoms with van der Waals surface area (Å²) in [4.78, 5) is 0.0815. The van der Waals surface area contributed by atoms with E-state index >= 15 is 0 Å². The quantitative estimate of drug-likeness (QED) is 0.800. The van der Waals surface area contributed by atoms with Crippen molar-refractivity contribution in [2.75, 3.05) is 0 Å². The average Bonchev–Trinajstić information content (AvgIpc) is 2.63. The van der Waals surface area contributed by atoms with Gasteiger partial charge in [0.05, 0.1) is 4.90 Å². The predicted molar refractivity (Wildman–Crippen MR) is 60.3 cm³/mol. The zero-order valence-corrected chi connectivity index (χ0v) is 10.1. The molecular formula is C9H11N5O2S. The number of tetrazole rings is 1. The third-order valence-corrected chi connectivity index (χ3v) is 3.51. The molecule has 0 bridgehead atoms. The third kappa shape index (κ3) is 2.04. The highest BCUT2D eigenvalue weighted by Gasteiger charge is 2.17. The van der Waals surface area contributed by atoms with E-state index in [-0.39, 0.29) is 4.90 Å². The average molecular weight is 253 g/mol. The van der Waals surface area contributed by atoms with Gasteiger partial charge in [-0.15, -0.1) is 5.10 Å². The zero-order chi connectivity index (χ0) is 12.6. The fourth-order valence-corrected chi connectivity index (χ4v) is 2.43. The lowest BCUT2D eigenvalue weighted by Crippen LogP contribution is -2.14. The number of aryl methyl sites for hydroxylation is 1. The van der Waals surface area contributed by atoms with Crippen LogP contribution >= 0.6 is 0 Å². The van der Waals surface area contributed by atoms with Crippen LogP contribution in [0.15, 0.2) is 23.1 Å². The minimum atomic E-state index is -3.74. The lowest BCUT2D eigenvalue weighted by molar-refractivity contribution is 0.597. The number of aromatic nitrogens is 4. The summed E-state index contributed by atoms with van der Waals surface area (Å²) in [5.41, 5.74) is 1.18. The van der Waals surface area contributed by atoms with Crippen LogP contribution in [0.3, 0.4) is 0 Å². The SMILES string of the molecule is Cc1c(-c2nnnn2C)cccc1S(N)(=O)=O. The van der Waals surface area contributed by atoms with Crippen LogP contribution in [0.25, 0.3) is 11.4 Å². The standard InChI is InChI=1S/C9H11N5O2S/c1-6-7(9-11-12-13-14(9)2)4-3-5-8(6)17(10,15)16/h3-5H,1-2H3,(H2,10,15,16). The molecule has 0 spiro atoms. The molecule has 0 aliphatic rings. The molecule has 2 N–H and O–H groups in total. The lowest BCUT2D eigenvalue weighted by atomic mass is 10.1. The second-order valence-electron chi connectivity index (χ2n) is 3.60. The predicted octanol–water partition coefficient (Wildman–Crippen LogP) is -0.167. The van der Waals surface area contributed by atoms with E-state index in [2.05, 4.69) is 15.5 Å². The summed E-state index contributed by atoms with van der Waals surface area (Å²) in [6.07, 6.45) is 0. The summed E-state index contributed by atoms with van der Waals surface area (Å²) in [6.45, 7) is 1.67. The molecule has 0 saturated heterocycles. The molecule has 1 aromatic heterocycles. The molecule has 8 heteroatoms. The van der Waals surface area contributed by atoms with Crippen molar-refractivity contribution < 1.29 is 8.42 Å². The molecule has 90 valence electrons. The maximum absolute atomic E-state index is 11.4. The molecule has 0 saturated carbocycles. The first kappa shape index (κ1) is 11.7. The topological polar surface area (TPSA) is 104 Å². The highest BCUT2D eigenvalue weighted by atomic mass is 32.2. The Balaban J connectivity index is 2.71. The Hall–Kier alpha value is -1.80. The van der Waals surface area contributed by atoms with Gasteiger partial charge >= 0.3 is 0 Å². The molecule has 2 rings (SSSR count). The molecule has 1 aromatic carbocycles. The number of benzene rings is 1. The van der Waals surface area contributed by atoms with Gasteiger partial charge in [-0.3, -0.25) is 0 Å². The van der Waals surface area contributed by atoms with Crippen molar-refractivity contribution >= 4 is 10.0 Å². The Morgan fingerprint density at radius 2 is 2.06 bits per heavy atom. The number of nitrogens with zero attached hydrogens (tertiary/aromatic N) is 4. The first-order chi connectivity index (χ1) is 7.91. The van der Waals surface area contributed by atoms with Gasteiger partial charge in [0.2, 0.25) is 10.0 Å². The van der Waals surface area contributed by atoms with Gasteiger partial charge in [0.25, 0.3) is 0 Å². The molecule has 1 heterocycles. The molecule has 0 unspecified atom stereocenters.